The molecule has 1 saturated heterocycles. The lowest BCUT2D eigenvalue weighted by atomic mass is 10.1. The molecule has 1 aliphatic rings. The summed E-state index contributed by atoms with van der Waals surface area (Å²) in [4.78, 5) is 25.5. The maximum absolute atomic E-state index is 12.6. The van der Waals surface area contributed by atoms with Gasteiger partial charge in [-0.1, -0.05) is 4.49 Å². The Labute approximate surface area is 144 Å². The van der Waals surface area contributed by atoms with Crippen LogP contribution in [0.25, 0.3) is 0 Å². The molecule has 1 amide bonds. The summed E-state index contributed by atoms with van der Waals surface area (Å²) >= 11 is 1.14. The quantitative estimate of drug-likeness (QED) is 0.825. The number of aromatic nitrogens is 4. The number of nitrogens with zero attached hydrogens (tertiary/aromatic N) is 6. The number of rotatable bonds is 4. The highest BCUT2D eigenvalue weighted by atomic mass is 32.1. The Bertz CT molecular complexity index is 719. The minimum absolute atomic E-state index is 0.0252. The van der Waals surface area contributed by atoms with Gasteiger partial charge in [-0.25, -0.2) is 9.97 Å². The Kier molecular flexibility index (Phi) is 4.89. The molecule has 0 aliphatic carbocycles. The second-order valence-electron chi connectivity index (χ2n) is 5.90. The number of likely N-dealkylation sites (tertiary alicyclic amines) is 1. The average molecular weight is 348 g/mol. The predicted octanol–water partition coefficient (Wildman–Crippen LogP) is 1.39. The lowest BCUT2D eigenvalue weighted by Gasteiger charge is -2.32. The lowest BCUT2D eigenvalue weighted by Crippen LogP contribution is -2.44. The molecule has 0 spiro atoms. The van der Waals surface area contributed by atoms with Gasteiger partial charge in [-0.05, 0) is 31.3 Å². The maximum atomic E-state index is 12.6. The van der Waals surface area contributed by atoms with Crippen molar-refractivity contribution in [3.63, 3.8) is 0 Å². The fraction of sp³-hybridized carbons (Fsp3) is 0.533. The van der Waals surface area contributed by atoms with Crippen molar-refractivity contribution in [1.29, 1.82) is 0 Å². The molecule has 0 radical (unpaired) electrons. The van der Waals surface area contributed by atoms with Gasteiger partial charge in [-0.3, -0.25) is 4.79 Å². The van der Waals surface area contributed by atoms with Crippen LogP contribution in [0.4, 0.5) is 5.82 Å². The van der Waals surface area contributed by atoms with Crippen LogP contribution in [0.1, 0.15) is 28.2 Å². The van der Waals surface area contributed by atoms with Crippen LogP contribution in [0.2, 0.25) is 0 Å². The second-order valence-corrected chi connectivity index (χ2v) is 6.65. The zero-order chi connectivity index (χ0) is 17.1. The first-order chi connectivity index (χ1) is 11.6. The Morgan fingerprint density at radius 2 is 2.17 bits per heavy atom. The van der Waals surface area contributed by atoms with Crippen LogP contribution >= 0.6 is 11.5 Å². The van der Waals surface area contributed by atoms with E-state index in [1.807, 2.05) is 23.9 Å². The molecule has 1 aliphatic heterocycles. The summed E-state index contributed by atoms with van der Waals surface area (Å²) in [7, 11) is 3.79. The number of carbonyl (C=O) groups excluding carboxylic acids is 1. The van der Waals surface area contributed by atoms with Crippen LogP contribution in [-0.4, -0.2) is 63.7 Å². The Balaban J connectivity index is 1.70. The number of hydrogen-bond donors (Lipinski definition) is 0. The van der Waals surface area contributed by atoms with E-state index in [9.17, 15) is 4.79 Å². The van der Waals surface area contributed by atoms with Crippen molar-refractivity contribution in [2.45, 2.75) is 25.9 Å². The van der Waals surface area contributed by atoms with Gasteiger partial charge in [0.25, 0.3) is 11.8 Å². The van der Waals surface area contributed by atoms with E-state index >= 15 is 0 Å². The highest BCUT2D eigenvalue weighted by molar-refractivity contribution is 7.07. The van der Waals surface area contributed by atoms with Crippen LogP contribution in [0.3, 0.4) is 0 Å². The highest BCUT2D eigenvalue weighted by Gasteiger charge is 2.28. The number of anilines is 1. The molecule has 1 fully saturated rings. The average Bonchev–Trinajstić information content (AvgIpc) is 3.01. The van der Waals surface area contributed by atoms with Crippen molar-refractivity contribution >= 4 is 23.3 Å². The van der Waals surface area contributed by atoms with Crippen LogP contribution in [-0.2, 0) is 0 Å². The molecule has 0 N–H and O–H groups in total. The number of aryl methyl sites for hydroxylation is 1. The monoisotopic (exact) mass is 348 g/mol. The third kappa shape index (κ3) is 3.45. The third-order valence-electron chi connectivity index (χ3n) is 3.86. The first-order valence-electron chi connectivity index (χ1n) is 7.79. The van der Waals surface area contributed by atoms with Gasteiger partial charge in [-0.2, -0.15) is 0 Å². The zero-order valence-electron chi connectivity index (χ0n) is 14.0. The van der Waals surface area contributed by atoms with Crippen LogP contribution in [0, 0.1) is 6.92 Å². The molecule has 24 heavy (non-hydrogen) atoms. The van der Waals surface area contributed by atoms with E-state index in [2.05, 4.69) is 19.6 Å². The topological polar surface area (TPSA) is 84.3 Å². The first kappa shape index (κ1) is 16.6. The fourth-order valence-corrected chi connectivity index (χ4v) is 3.28. The van der Waals surface area contributed by atoms with Gasteiger partial charge in [0.2, 0.25) is 0 Å². The fourth-order valence-electron chi connectivity index (χ4n) is 2.66. The smallest absolute Gasteiger partial charge is 0.267 e. The lowest BCUT2D eigenvalue weighted by molar-refractivity contribution is 0.0531. The summed E-state index contributed by atoms with van der Waals surface area (Å²) in [5, 5.41) is 3.92. The molecule has 9 heteroatoms. The second kappa shape index (κ2) is 7.08. The maximum Gasteiger partial charge on any atom is 0.267 e. The van der Waals surface area contributed by atoms with E-state index in [1.54, 1.807) is 19.3 Å². The van der Waals surface area contributed by atoms with Crippen LogP contribution < -0.4 is 9.64 Å². The largest absolute Gasteiger partial charge is 0.470 e. The van der Waals surface area contributed by atoms with Crippen molar-refractivity contribution in [1.82, 2.24) is 24.5 Å². The van der Waals surface area contributed by atoms with Crippen LogP contribution in [0.5, 0.6) is 5.88 Å². The van der Waals surface area contributed by atoms with Crippen molar-refractivity contribution in [2.75, 3.05) is 32.1 Å². The van der Waals surface area contributed by atoms with Crippen molar-refractivity contribution < 1.29 is 9.53 Å². The standard InChI is InChI=1S/C15H20N6O2S/c1-10-12(24-19-18-10)15(22)21-8-4-5-11(9-21)23-14-13(20(2)3)16-6-7-17-14/h6-7,11H,4-5,8-9H2,1-3H3/t11-/m0/s1. The minimum atomic E-state index is -0.0979. The molecule has 2 aromatic rings. The molecule has 0 saturated carbocycles. The molecule has 3 heterocycles. The number of amides is 1. The van der Waals surface area contributed by atoms with Gasteiger partial charge in [0.15, 0.2) is 5.82 Å². The van der Waals surface area contributed by atoms with Crippen molar-refractivity contribution in [2.24, 2.45) is 0 Å². The molecule has 3 rings (SSSR count). The van der Waals surface area contributed by atoms with Gasteiger partial charge in [-0.15, -0.1) is 5.10 Å². The SMILES string of the molecule is Cc1nnsc1C(=O)N1CCC[C@H](Oc2nccnc2N(C)C)C1. The van der Waals surface area contributed by atoms with Crippen molar-refractivity contribution in [3.8, 4) is 5.88 Å². The Morgan fingerprint density at radius 1 is 1.38 bits per heavy atom. The molecular weight excluding hydrogens is 328 g/mol. The summed E-state index contributed by atoms with van der Waals surface area (Å²) < 4.78 is 9.88. The molecule has 8 nitrogen and oxygen atoms in total. The zero-order valence-corrected chi connectivity index (χ0v) is 14.8. The van der Waals surface area contributed by atoms with E-state index in [0.29, 0.717) is 28.8 Å². The minimum Gasteiger partial charge on any atom is -0.470 e. The highest BCUT2D eigenvalue weighted by Crippen LogP contribution is 2.25. The van der Waals surface area contributed by atoms with E-state index in [0.717, 1.165) is 30.9 Å². The molecule has 0 bridgehead atoms. The van der Waals surface area contributed by atoms with Gasteiger partial charge in [0.05, 0.1) is 12.2 Å². The number of piperidine rings is 1. The molecule has 2 aromatic heterocycles. The van der Waals surface area contributed by atoms with Gasteiger partial charge >= 0.3 is 0 Å². The molecule has 1 atom stereocenters. The van der Waals surface area contributed by atoms with E-state index in [4.69, 9.17) is 4.74 Å². The summed E-state index contributed by atoms with van der Waals surface area (Å²) in [6.45, 7) is 3.05. The van der Waals surface area contributed by atoms with E-state index < -0.39 is 0 Å². The Hall–Kier alpha value is -2.29. The summed E-state index contributed by atoms with van der Waals surface area (Å²) in [6, 6.07) is 0. The van der Waals surface area contributed by atoms with E-state index in [-0.39, 0.29) is 12.0 Å². The molecule has 0 aromatic carbocycles. The molecular formula is C15H20N6O2S. The normalized spacial score (nSPS) is 17.6. The van der Waals surface area contributed by atoms with Gasteiger partial charge in [0, 0.05) is 33.0 Å². The van der Waals surface area contributed by atoms with Gasteiger partial charge < -0.3 is 14.5 Å². The summed E-state index contributed by atoms with van der Waals surface area (Å²) in [5.41, 5.74) is 0.678. The van der Waals surface area contributed by atoms with Crippen molar-refractivity contribution in [3.05, 3.63) is 23.0 Å². The first-order valence-corrected chi connectivity index (χ1v) is 8.57. The Morgan fingerprint density at radius 3 is 2.88 bits per heavy atom. The third-order valence-corrected chi connectivity index (χ3v) is 4.68. The summed E-state index contributed by atoms with van der Waals surface area (Å²) in [6.07, 6.45) is 4.92. The van der Waals surface area contributed by atoms with Crippen LogP contribution in [0.15, 0.2) is 12.4 Å². The molecule has 0 unspecified atom stereocenters. The van der Waals surface area contributed by atoms with Gasteiger partial charge in [0.1, 0.15) is 11.0 Å². The number of ether oxygens (including phenoxy) is 1. The summed E-state index contributed by atoms with van der Waals surface area (Å²) in [5.74, 6) is 1.16. The molecule has 128 valence electrons. The van der Waals surface area contributed by atoms with E-state index in [1.165, 1.54) is 0 Å². The number of carbonyl (C=O) groups is 1. The predicted molar refractivity (Wildman–Crippen MR) is 90.6 cm³/mol. The number of hydrogen-bond acceptors (Lipinski definition) is 8.